The molecule has 2 aliphatic rings. The van der Waals surface area contributed by atoms with Crippen LogP contribution in [0.25, 0.3) is 0 Å². The van der Waals surface area contributed by atoms with E-state index in [1.807, 2.05) is 0 Å². The number of hydrogen-bond donors (Lipinski definition) is 1. The van der Waals surface area contributed by atoms with Crippen molar-refractivity contribution in [1.82, 2.24) is 15.1 Å². The summed E-state index contributed by atoms with van der Waals surface area (Å²) in [5.41, 5.74) is 0. The fraction of sp³-hybridized carbons (Fsp3) is 0.938. The topological polar surface area (TPSA) is 35.6 Å². The Kier molecular flexibility index (Phi) is 5.44. The molecule has 0 aromatic heterocycles. The van der Waals surface area contributed by atoms with Crippen LogP contribution in [-0.4, -0.2) is 53.6 Å². The Bertz CT molecular complexity index is 326. The zero-order valence-electron chi connectivity index (χ0n) is 13.6. The fourth-order valence-electron chi connectivity index (χ4n) is 3.54. The third kappa shape index (κ3) is 3.34. The number of rotatable bonds is 6. The van der Waals surface area contributed by atoms with E-state index in [4.69, 9.17) is 0 Å². The molecule has 0 saturated carbocycles. The number of nitrogens with one attached hydrogen (secondary N) is 1. The molecule has 3 atom stereocenters. The molecule has 0 spiro atoms. The zero-order valence-corrected chi connectivity index (χ0v) is 13.6. The lowest BCUT2D eigenvalue weighted by Gasteiger charge is -2.33. The minimum Gasteiger partial charge on any atom is -0.324 e. The lowest BCUT2D eigenvalue weighted by atomic mass is 10.1. The van der Waals surface area contributed by atoms with Gasteiger partial charge in [0.05, 0.1) is 12.2 Å². The maximum absolute atomic E-state index is 12.6. The minimum atomic E-state index is 0.0400. The quantitative estimate of drug-likeness (QED) is 0.809. The molecule has 0 radical (unpaired) electrons. The van der Waals surface area contributed by atoms with Gasteiger partial charge in [-0.2, -0.15) is 0 Å². The summed E-state index contributed by atoms with van der Waals surface area (Å²) in [6, 6.07) is 0.517. The highest BCUT2D eigenvalue weighted by Crippen LogP contribution is 2.22. The molecule has 4 nitrogen and oxygen atoms in total. The average Bonchev–Trinajstić information content (AvgIpc) is 3.02. The highest BCUT2D eigenvalue weighted by molar-refractivity contribution is 5.84. The van der Waals surface area contributed by atoms with Crippen LogP contribution in [0.15, 0.2) is 0 Å². The Morgan fingerprint density at radius 2 is 1.90 bits per heavy atom. The van der Waals surface area contributed by atoms with Gasteiger partial charge in [0, 0.05) is 12.6 Å². The van der Waals surface area contributed by atoms with Crippen LogP contribution in [0.5, 0.6) is 0 Å². The van der Waals surface area contributed by atoms with Crippen LogP contribution in [0.2, 0.25) is 0 Å². The molecule has 2 heterocycles. The van der Waals surface area contributed by atoms with Crippen molar-refractivity contribution in [2.75, 3.05) is 19.6 Å². The predicted octanol–water partition coefficient (Wildman–Crippen LogP) is 2.05. The molecule has 0 aliphatic carbocycles. The van der Waals surface area contributed by atoms with E-state index in [9.17, 15) is 4.79 Å². The molecule has 116 valence electrons. The molecule has 1 N–H and O–H groups in total. The van der Waals surface area contributed by atoms with Crippen LogP contribution in [0.3, 0.4) is 0 Å². The number of carbonyl (C=O) groups is 1. The van der Waals surface area contributed by atoms with Crippen molar-refractivity contribution < 1.29 is 4.79 Å². The Morgan fingerprint density at radius 3 is 2.45 bits per heavy atom. The molecule has 2 fully saturated rings. The zero-order chi connectivity index (χ0) is 14.7. The summed E-state index contributed by atoms with van der Waals surface area (Å²) in [5, 5.41) is 3.54. The first-order valence-corrected chi connectivity index (χ1v) is 8.35. The van der Waals surface area contributed by atoms with Crippen molar-refractivity contribution in [2.24, 2.45) is 5.92 Å². The van der Waals surface area contributed by atoms with E-state index in [2.05, 4.69) is 42.8 Å². The van der Waals surface area contributed by atoms with Gasteiger partial charge in [-0.25, -0.2) is 0 Å². The average molecular weight is 281 g/mol. The predicted molar refractivity (Wildman–Crippen MR) is 82.4 cm³/mol. The second-order valence-electron chi connectivity index (χ2n) is 6.78. The van der Waals surface area contributed by atoms with E-state index in [1.165, 1.54) is 25.9 Å². The van der Waals surface area contributed by atoms with E-state index in [1.54, 1.807) is 0 Å². The molecule has 0 aromatic rings. The van der Waals surface area contributed by atoms with Gasteiger partial charge in [0.1, 0.15) is 0 Å². The normalized spacial score (nSPS) is 29.6. The first-order chi connectivity index (χ1) is 9.54. The maximum Gasteiger partial charge on any atom is 0.241 e. The fourth-order valence-corrected chi connectivity index (χ4v) is 3.54. The van der Waals surface area contributed by atoms with Gasteiger partial charge >= 0.3 is 0 Å². The number of nitrogens with zero attached hydrogens (tertiary/aromatic N) is 2. The van der Waals surface area contributed by atoms with E-state index in [0.29, 0.717) is 17.9 Å². The van der Waals surface area contributed by atoms with E-state index in [0.717, 1.165) is 19.4 Å². The highest BCUT2D eigenvalue weighted by Gasteiger charge is 2.40. The van der Waals surface area contributed by atoms with Gasteiger partial charge in [0.25, 0.3) is 0 Å². The van der Waals surface area contributed by atoms with Crippen LogP contribution >= 0.6 is 0 Å². The van der Waals surface area contributed by atoms with E-state index < -0.39 is 0 Å². The molecule has 0 bridgehead atoms. The Labute approximate surface area is 123 Å². The molecule has 20 heavy (non-hydrogen) atoms. The lowest BCUT2D eigenvalue weighted by Crippen LogP contribution is -2.48. The van der Waals surface area contributed by atoms with Crippen LogP contribution in [0.4, 0.5) is 0 Å². The van der Waals surface area contributed by atoms with Gasteiger partial charge in [0.2, 0.25) is 5.91 Å². The maximum atomic E-state index is 12.6. The smallest absolute Gasteiger partial charge is 0.241 e. The monoisotopic (exact) mass is 281 g/mol. The summed E-state index contributed by atoms with van der Waals surface area (Å²) in [4.78, 5) is 17.2. The first kappa shape index (κ1) is 15.8. The molecular weight excluding hydrogens is 250 g/mol. The first-order valence-electron chi connectivity index (χ1n) is 8.35. The van der Waals surface area contributed by atoms with Crippen LogP contribution < -0.4 is 5.32 Å². The Hall–Kier alpha value is -0.610. The number of likely N-dealkylation sites (tertiary alicyclic amines) is 1. The lowest BCUT2D eigenvalue weighted by molar-refractivity contribution is -0.131. The molecule has 2 rings (SSSR count). The number of hydrogen-bond acceptors (Lipinski definition) is 3. The molecular formula is C16H31N3O. The Balaban J connectivity index is 2.00. The van der Waals surface area contributed by atoms with Crippen molar-refractivity contribution in [1.29, 1.82) is 0 Å². The minimum absolute atomic E-state index is 0.0400. The van der Waals surface area contributed by atoms with Crippen molar-refractivity contribution in [2.45, 2.75) is 71.6 Å². The largest absolute Gasteiger partial charge is 0.324 e. The van der Waals surface area contributed by atoms with Crippen molar-refractivity contribution in [3.05, 3.63) is 0 Å². The molecule has 3 unspecified atom stereocenters. The van der Waals surface area contributed by atoms with Crippen LogP contribution in [0, 0.1) is 5.92 Å². The molecule has 1 amide bonds. The van der Waals surface area contributed by atoms with E-state index in [-0.39, 0.29) is 12.2 Å². The standard InChI is InChI=1S/C16H31N3O/c1-5-8-14-16(20)19(15(17-14)12(2)3)11-13(4)18-9-6-7-10-18/h12-15,17H,5-11H2,1-4H3. The summed E-state index contributed by atoms with van der Waals surface area (Å²) >= 11 is 0. The van der Waals surface area contributed by atoms with Gasteiger partial charge in [-0.3, -0.25) is 15.0 Å². The summed E-state index contributed by atoms with van der Waals surface area (Å²) in [5.74, 6) is 0.781. The van der Waals surface area contributed by atoms with Gasteiger partial charge < -0.3 is 4.90 Å². The highest BCUT2D eigenvalue weighted by atomic mass is 16.2. The second-order valence-corrected chi connectivity index (χ2v) is 6.78. The van der Waals surface area contributed by atoms with Gasteiger partial charge in [-0.05, 0) is 45.2 Å². The van der Waals surface area contributed by atoms with Crippen LogP contribution in [-0.2, 0) is 4.79 Å². The van der Waals surface area contributed by atoms with Gasteiger partial charge in [-0.1, -0.05) is 27.2 Å². The second kappa shape index (κ2) is 6.90. The SMILES string of the molecule is CCCC1NC(C(C)C)N(CC(C)N2CCCC2)C1=O. The summed E-state index contributed by atoms with van der Waals surface area (Å²) in [6.45, 7) is 12.1. The number of carbonyl (C=O) groups excluding carboxylic acids is 1. The number of amides is 1. The Morgan fingerprint density at radius 1 is 1.25 bits per heavy atom. The van der Waals surface area contributed by atoms with Gasteiger partial charge in [0.15, 0.2) is 0 Å². The van der Waals surface area contributed by atoms with Crippen LogP contribution in [0.1, 0.15) is 53.4 Å². The molecule has 0 aromatic carbocycles. The summed E-state index contributed by atoms with van der Waals surface area (Å²) < 4.78 is 0. The molecule has 4 heteroatoms. The third-order valence-electron chi connectivity index (χ3n) is 4.72. The van der Waals surface area contributed by atoms with E-state index >= 15 is 0 Å². The molecule has 2 saturated heterocycles. The summed E-state index contributed by atoms with van der Waals surface area (Å²) in [7, 11) is 0. The molecule has 2 aliphatic heterocycles. The third-order valence-corrected chi connectivity index (χ3v) is 4.72. The van der Waals surface area contributed by atoms with Crippen molar-refractivity contribution >= 4 is 5.91 Å². The van der Waals surface area contributed by atoms with Gasteiger partial charge in [-0.15, -0.1) is 0 Å². The van der Waals surface area contributed by atoms with Crippen molar-refractivity contribution in [3.8, 4) is 0 Å². The van der Waals surface area contributed by atoms with Crippen molar-refractivity contribution in [3.63, 3.8) is 0 Å². The summed E-state index contributed by atoms with van der Waals surface area (Å²) in [6.07, 6.45) is 4.84.